The molecule has 2 aromatic rings. The second kappa shape index (κ2) is 11.6. The summed E-state index contributed by atoms with van der Waals surface area (Å²) in [4.78, 5) is 52.3. The molecule has 0 atom stereocenters. The van der Waals surface area contributed by atoms with Gasteiger partial charge in [0.05, 0.1) is 16.9 Å². The summed E-state index contributed by atoms with van der Waals surface area (Å²) >= 11 is 0. The van der Waals surface area contributed by atoms with E-state index in [-0.39, 0.29) is 23.6 Å². The summed E-state index contributed by atoms with van der Waals surface area (Å²) < 4.78 is 22.4. The van der Waals surface area contributed by atoms with Gasteiger partial charge in [-0.2, -0.15) is 4.90 Å². The van der Waals surface area contributed by atoms with Gasteiger partial charge >= 0.3 is 18.2 Å². The Labute approximate surface area is 240 Å². The van der Waals surface area contributed by atoms with E-state index in [4.69, 9.17) is 18.9 Å². The van der Waals surface area contributed by atoms with E-state index >= 15 is 0 Å². The minimum atomic E-state index is -0.956. The number of rotatable bonds is 4. The van der Waals surface area contributed by atoms with Crippen molar-refractivity contribution in [1.82, 2.24) is 0 Å². The van der Waals surface area contributed by atoms with Crippen molar-refractivity contribution < 1.29 is 38.1 Å². The lowest BCUT2D eigenvalue weighted by atomic mass is 9.94. The van der Waals surface area contributed by atoms with Crippen LogP contribution in [0.15, 0.2) is 29.8 Å². The monoisotopic (exact) mass is 566 g/mol. The Morgan fingerprint density at radius 3 is 1.95 bits per heavy atom. The third kappa shape index (κ3) is 7.45. The molecule has 3 rings (SSSR count). The van der Waals surface area contributed by atoms with Crippen LogP contribution in [0.5, 0.6) is 11.5 Å². The number of anilines is 2. The average Bonchev–Trinajstić information content (AvgIpc) is 2.83. The molecule has 0 unspecified atom stereocenters. The molecule has 0 aliphatic carbocycles. The quantitative estimate of drug-likeness (QED) is 0.323. The summed E-state index contributed by atoms with van der Waals surface area (Å²) in [6.45, 7) is 16.9. The van der Waals surface area contributed by atoms with Crippen LogP contribution in [0.2, 0.25) is 0 Å². The smallest absolute Gasteiger partial charge is 0.424 e. The van der Waals surface area contributed by atoms with Gasteiger partial charge in [-0.1, -0.05) is 12.1 Å². The van der Waals surface area contributed by atoms with Gasteiger partial charge in [0.15, 0.2) is 0 Å². The Morgan fingerprint density at radius 2 is 1.41 bits per heavy atom. The highest BCUT2D eigenvalue weighted by Crippen LogP contribution is 2.41. The van der Waals surface area contributed by atoms with Crippen LogP contribution in [0.1, 0.15) is 70.7 Å². The van der Waals surface area contributed by atoms with Crippen LogP contribution in [0.3, 0.4) is 0 Å². The molecule has 1 N–H and O–H groups in total. The third-order valence-electron chi connectivity index (χ3n) is 6.01. The number of nitrogens with one attached hydrogen (secondary N) is 1. The Kier molecular flexibility index (Phi) is 8.86. The number of benzene rings is 2. The van der Waals surface area contributed by atoms with Gasteiger partial charge in [-0.15, -0.1) is 0 Å². The van der Waals surface area contributed by atoms with Crippen molar-refractivity contribution in [3.8, 4) is 11.5 Å². The lowest BCUT2D eigenvalue weighted by molar-refractivity contribution is -0.132. The van der Waals surface area contributed by atoms with Crippen LogP contribution in [0, 0.1) is 20.8 Å². The second-order valence-electron chi connectivity index (χ2n) is 11.8. The molecule has 0 spiro atoms. The van der Waals surface area contributed by atoms with Crippen LogP contribution in [-0.2, 0) is 19.1 Å². The largest absolute Gasteiger partial charge is 0.488 e. The van der Waals surface area contributed by atoms with Crippen molar-refractivity contribution in [1.29, 1.82) is 0 Å². The van der Waals surface area contributed by atoms with E-state index in [1.54, 1.807) is 72.7 Å². The Bertz CT molecular complexity index is 1400. The highest BCUT2D eigenvalue weighted by Gasteiger charge is 2.34. The summed E-state index contributed by atoms with van der Waals surface area (Å²) in [6, 6.07) is 6.35. The van der Waals surface area contributed by atoms with E-state index in [0.717, 1.165) is 16.0 Å². The standard InChI is InChI=1S/C31H38N2O8/c1-17-18(2)26-22(19(3)25(17)39-20(4)34)15-21(16-38-26)27(35)32-23-13-11-12-14-24(23)33(28(36)40-30(5,6)7)29(37)41-31(8,9)10/h11-15H,16H2,1-10H3,(H,32,35). The Morgan fingerprint density at radius 1 is 0.854 bits per heavy atom. The maximum absolute atomic E-state index is 13.5. The first-order valence-corrected chi connectivity index (χ1v) is 13.2. The number of nitrogens with zero attached hydrogens (tertiary/aromatic N) is 1. The Balaban J connectivity index is 2.02. The number of para-hydroxylation sites is 2. The number of ether oxygens (including phenoxy) is 4. The van der Waals surface area contributed by atoms with Crippen molar-refractivity contribution in [2.24, 2.45) is 0 Å². The average molecular weight is 567 g/mol. The number of imide groups is 1. The minimum Gasteiger partial charge on any atom is -0.488 e. The number of amides is 3. The van der Waals surface area contributed by atoms with E-state index in [2.05, 4.69) is 5.32 Å². The number of fused-ring (bicyclic) bond motifs is 1. The predicted octanol–water partition coefficient (Wildman–Crippen LogP) is 6.63. The summed E-state index contributed by atoms with van der Waals surface area (Å²) in [7, 11) is 0. The molecular weight excluding hydrogens is 528 g/mol. The van der Waals surface area contributed by atoms with Gasteiger partial charge in [-0.3, -0.25) is 9.59 Å². The molecule has 220 valence electrons. The maximum atomic E-state index is 13.5. The normalized spacial score (nSPS) is 12.8. The minimum absolute atomic E-state index is 0.0184. The topological polar surface area (TPSA) is 120 Å². The van der Waals surface area contributed by atoms with Crippen LogP contribution in [0.4, 0.5) is 21.0 Å². The molecule has 0 aromatic heterocycles. The van der Waals surface area contributed by atoms with Gasteiger partial charge < -0.3 is 24.3 Å². The number of esters is 1. The summed E-state index contributed by atoms with van der Waals surface area (Å²) in [5.41, 5.74) is 1.60. The molecule has 0 bridgehead atoms. The Hall–Kier alpha value is -4.34. The second-order valence-corrected chi connectivity index (χ2v) is 11.8. The zero-order valence-corrected chi connectivity index (χ0v) is 25.3. The number of hydrogen-bond acceptors (Lipinski definition) is 8. The summed E-state index contributed by atoms with van der Waals surface area (Å²) in [5, 5.41) is 2.79. The highest BCUT2D eigenvalue weighted by molar-refractivity contribution is 6.15. The van der Waals surface area contributed by atoms with Crippen molar-refractivity contribution >= 4 is 41.5 Å². The number of hydrogen-bond donors (Lipinski definition) is 1. The molecule has 0 radical (unpaired) electrons. The molecule has 0 saturated carbocycles. The van der Waals surface area contributed by atoms with E-state index in [9.17, 15) is 19.2 Å². The highest BCUT2D eigenvalue weighted by atomic mass is 16.6. The molecule has 1 heterocycles. The molecule has 0 fully saturated rings. The van der Waals surface area contributed by atoms with E-state index in [0.29, 0.717) is 22.6 Å². The lowest BCUT2D eigenvalue weighted by Crippen LogP contribution is -2.44. The molecular formula is C31H38N2O8. The summed E-state index contributed by atoms with van der Waals surface area (Å²) in [6.07, 6.45) is -0.227. The van der Waals surface area contributed by atoms with Gasteiger partial charge in [-0.05, 0) is 91.6 Å². The predicted molar refractivity (Wildman–Crippen MR) is 155 cm³/mol. The molecule has 10 heteroatoms. The molecule has 0 saturated heterocycles. The van der Waals surface area contributed by atoms with Gasteiger partial charge in [0.25, 0.3) is 5.91 Å². The summed E-state index contributed by atoms with van der Waals surface area (Å²) in [5.74, 6) is 0.0632. The number of carbonyl (C=O) groups excluding carboxylic acids is 4. The molecule has 1 aliphatic rings. The van der Waals surface area contributed by atoms with Gasteiger partial charge in [-0.25, -0.2) is 9.59 Å². The van der Waals surface area contributed by atoms with E-state index in [1.165, 1.54) is 13.0 Å². The van der Waals surface area contributed by atoms with E-state index < -0.39 is 35.3 Å². The zero-order valence-electron chi connectivity index (χ0n) is 25.3. The van der Waals surface area contributed by atoms with Gasteiger partial charge in [0, 0.05) is 18.1 Å². The lowest BCUT2D eigenvalue weighted by Gasteiger charge is -2.29. The van der Waals surface area contributed by atoms with Crippen LogP contribution in [0.25, 0.3) is 6.08 Å². The molecule has 2 aromatic carbocycles. The van der Waals surface area contributed by atoms with Crippen molar-refractivity contribution in [3.05, 3.63) is 52.1 Å². The van der Waals surface area contributed by atoms with Gasteiger partial charge in [0.1, 0.15) is 29.3 Å². The third-order valence-corrected chi connectivity index (χ3v) is 6.01. The molecule has 3 amide bonds. The fraction of sp³-hybridized carbons (Fsp3) is 0.419. The van der Waals surface area contributed by atoms with Crippen molar-refractivity contribution in [2.75, 3.05) is 16.8 Å². The van der Waals surface area contributed by atoms with Gasteiger partial charge in [0.2, 0.25) is 0 Å². The zero-order chi connectivity index (χ0) is 30.9. The fourth-order valence-electron chi connectivity index (χ4n) is 4.13. The molecule has 10 nitrogen and oxygen atoms in total. The van der Waals surface area contributed by atoms with Crippen LogP contribution < -0.4 is 19.7 Å². The SMILES string of the molecule is CC(=O)Oc1c(C)c(C)c2c(c1C)C=C(C(=O)Nc1ccccc1N(C(=O)OC(C)(C)C)C(=O)OC(C)(C)C)CO2. The molecule has 41 heavy (non-hydrogen) atoms. The van der Waals surface area contributed by atoms with Crippen LogP contribution >= 0.6 is 0 Å². The number of carbonyl (C=O) groups is 4. The van der Waals surface area contributed by atoms with E-state index in [1.807, 2.05) is 13.8 Å². The van der Waals surface area contributed by atoms with Crippen molar-refractivity contribution in [3.63, 3.8) is 0 Å². The fourth-order valence-corrected chi connectivity index (χ4v) is 4.13. The van der Waals surface area contributed by atoms with Crippen LogP contribution in [-0.4, -0.2) is 41.9 Å². The first-order valence-electron chi connectivity index (χ1n) is 13.2. The maximum Gasteiger partial charge on any atom is 0.424 e. The first kappa shape index (κ1) is 31.2. The van der Waals surface area contributed by atoms with Crippen molar-refractivity contribution in [2.45, 2.75) is 80.4 Å². The molecule has 1 aliphatic heterocycles. The first-order chi connectivity index (χ1) is 18.9.